The highest BCUT2D eigenvalue weighted by Gasteiger charge is 2.47. The molecule has 3 aromatic carbocycles. The predicted octanol–water partition coefficient (Wildman–Crippen LogP) is 7.53. The molecular weight excluding hydrogens is 439 g/mol. The van der Waals surface area contributed by atoms with Gasteiger partial charge in [0.15, 0.2) is 0 Å². The van der Waals surface area contributed by atoms with Crippen LogP contribution in [-0.4, -0.2) is 4.43 Å². The topological polar surface area (TPSA) is 0 Å². The van der Waals surface area contributed by atoms with Crippen LogP contribution in [-0.2, 0) is 10.8 Å². The van der Waals surface area contributed by atoms with Gasteiger partial charge in [-0.1, -0.05) is 134 Å². The van der Waals surface area contributed by atoms with E-state index in [-0.39, 0.29) is 10.8 Å². The molecular formula is C26H29I. The van der Waals surface area contributed by atoms with Gasteiger partial charge in [-0.3, -0.25) is 0 Å². The second-order valence-electron chi connectivity index (χ2n) is 7.90. The Kier molecular flexibility index (Phi) is 6.41. The third-order valence-corrected chi connectivity index (χ3v) is 7.87. The summed E-state index contributed by atoms with van der Waals surface area (Å²) in [6, 6.07) is 33.3. The van der Waals surface area contributed by atoms with Crippen LogP contribution in [0.4, 0.5) is 0 Å². The monoisotopic (exact) mass is 468 g/mol. The third kappa shape index (κ3) is 3.85. The normalized spacial score (nSPS) is 16.9. The van der Waals surface area contributed by atoms with E-state index in [0.717, 1.165) is 10.8 Å². The fourth-order valence-electron chi connectivity index (χ4n) is 4.62. The maximum atomic E-state index is 2.59. The van der Waals surface area contributed by atoms with Crippen LogP contribution >= 0.6 is 22.6 Å². The summed E-state index contributed by atoms with van der Waals surface area (Å²) in [5.74, 6) is 0.373. The maximum Gasteiger partial charge on any atom is 0.00961 e. The minimum atomic E-state index is 0.0315. The van der Waals surface area contributed by atoms with E-state index < -0.39 is 0 Å². The summed E-state index contributed by atoms with van der Waals surface area (Å²) in [5.41, 5.74) is 4.34. The van der Waals surface area contributed by atoms with Crippen molar-refractivity contribution in [3.8, 4) is 0 Å². The quantitative estimate of drug-likeness (QED) is 0.248. The molecule has 3 atom stereocenters. The smallest absolute Gasteiger partial charge is 0.00961 e. The molecule has 0 aliphatic carbocycles. The van der Waals surface area contributed by atoms with Crippen molar-refractivity contribution in [2.24, 2.45) is 0 Å². The van der Waals surface area contributed by atoms with E-state index in [2.05, 4.69) is 134 Å². The van der Waals surface area contributed by atoms with Crippen LogP contribution in [0.5, 0.6) is 0 Å². The number of benzene rings is 3. The van der Waals surface area contributed by atoms with Crippen LogP contribution in [0.2, 0.25) is 0 Å². The fraction of sp³-hybridized carbons (Fsp3) is 0.308. The van der Waals surface area contributed by atoms with E-state index in [1.165, 1.54) is 16.7 Å². The highest BCUT2D eigenvalue weighted by atomic mass is 127. The Balaban J connectivity index is 2.26. The lowest BCUT2D eigenvalue weighted by Crippen LogP contribution is -2.44. The zero-order chi connectivity index (χ0) is 19.3. The molecule has 0 saturated carbocycles. The molecule has 0 saturated heterocycles. The summed E-state index contributed by atoms with van der Waals surface area (Å²) < 4.78 is 1.07. The first kappa shape index (κ1) is 20.1. The van der Waals surface area contributed by atoms with Crippen molar-refractivity contribution in [1.82, 2.24) is 0 Å². The van der Waals surface area contributed by atoms with Crippen LogP contribution in [0.3, 0.4) is 0 Å². The molecule has 1 heteroatoms. The van der Waals surface area contributed by atoms with E-state index in [4.69, 9.17) is 0 Å². The second-order valence-corrected chi connectivity index (χ2v) is 8.66. The van der Waals surface area contributed by atoms with Crippen molar-refractivity contribution in [1.29, 1.82) is 0 Å². The number of alkyl halides is 1. The van der Waals surface area contributed by atoms with Crippen LogP contribution in [0.15, 0.2) is 91.0 Å². The summed E-state index contributed by atoms with van der Waals surface area (Å²) in [6.07, 6.45) is 1.09. The van der Waals surface area contributed by atoms with Gasteiger partial charge in [0.25, 0.3) is 0 Å². The minimum Gasteiger partial charge on any atom is -0.0854 e. The Hall–Kier alpha value is -1.61. The van der Waals surface area contributed by atoms with Crippen LogP contribution in [0.1, 0.15) is 49.8 Å². The summed E-state index contributed by atoms with van der Waals surface area (Å²) in [5, 5.41) is 0. The number of hydrogen-bond donors (Lipinski definition) is 0. The van der Waals surface area contributed by atoms with Gasteiger partial charge in [-0.25, -0.2) is 0 Å². The zero-order valence-corrected chi connectivity index (χ0v) is 18.7. The molecule has 0 nitrogen and oxygen atoms in total. The molecule has 0 fully saturated rings. The average molecular weight is 468 g/mol. The summed E-state index contributed by atoms with van der Waals surface area (Å²) in [4.78, 5) is 0. The van der Waals surface area contributed by atoms with E-state index >= 15 is 0 Å². The van der Waals surface area contributed by atoms with Crippen molar-refractivity contribution < 1.29 is 0 Å². The van der Waals surface area contributed by atoms with E-state index in [1.807, 2.05) is 0 Å². The van der Waals surface area contributed by atoms with Gasteiger partial charge >= 0.3 is 0 Å². The van der Waals surface area contributed by atoms with E-state index in [9.17, 15) is 0 Å². The molecule has 0 aliphatic heterocycles. The van der Waals surface area contributed by atoms with Gasteiger partial charge in [-0.05, 0) is 28.5 Å². The molecule has 0 bridgehead atoms. The lowest BCUT2D eigenvalue weighted by atomic mass is 9.56. The van der Waals surface area contributed by atoms with Gasteiger partial charge in [0, 0.05) is 15.8 Å². The van der Waals surface area contributed by atoms with Crippen molar-refractivity contribution >= 4 is 22.6 Å². The number of rotatable bonds is 7. The molecule has 0 heterocycles. The van der Waals surface area contributed by atoms with Gasteiger partial charge < -0.3 is 0 Å². The summed E-state index contributed by atoms with van der Waals surface area (Å²) in [7, 11) is 0. The Bertz CT molecular complexity index is 774. The molecule has 0 amide bonds. The van der Waals surface area contributed by atoms with Gasteiger partial charge in [0.2, 0.25) is 0 Å². The van der Waals surface area contributed by atoms with Crippen molar-refractivity contribution in [3.05, 3.63) is 108 Å². The lowest BCUT2D eigenvalue weighted by Gasteiger charge is -2.48. The molecule has 0 aliphatic rings. The molecule has 3 rings (SSSR count). The first-order chi connectivity index (χ1) is 13.1. The van der Waals surface area contributed by atoms with E-state index in [1.54, 1.807) is 0 Å². The molecule has 3 aromatic rings. The predicted molar refractivity (Wildman–Crippen MR) is 126 cm³/mol. The Morgan fingerprint density at radius 2 is 1.07 bits per heavy atom. The summed E-state index contributed by atoms with van der Waals surface area (Å²) in [6.45, 7) is 7.23. The standard InChI is InChI=1S/C26H29I/c1-4-25(2,22-16-10-6-11-17-22)24(21-14-8-5-9-15-21)26(3,20-27)23-18-12-7-13-19-23/h5-19,24H,4,20H2,1-3H3/t24?,25-,26+/m0/s1. The largest absolute Gasteiger partial charge is 0.0854 e. The number of halogens is 1. The lowest BCUT2D eigenvalue weighted by molar-refractivity contribution is 0.262. The molecule has 0 N–H and O–H groups in total. The first-order valence-electron chi connectivity index (χ1n) is 9.78. The molecule has 0 spiro atoms. The van der Waals surface area contributed by atoms with Crippen molar-refractivity contribution in [2.45, 2.75) is 43.9 Å². The van der Waals surface area contributed by atoms with Crippen LogP contribution in [0.25, 0.3) is 0 Å². The molecule has 0 radical (unpaired) electrons. The Morgan fingerprint density at radius 1 is 0.667 bits per heavy atom. The van der Waals surface area contributed by atoms with Crippen LogP contribution in [0, 0.1) is 0 Å². The van der Waals surface area contributed by atoms with Crippen molar-refractivity contribution in [2.75, 3.05) is 4.43 Å². The Labute approximate surface area is 178 Å². The average Bonchev–Trinajstić information content (AvgIpc) is 2.75. The minimum absolute atomic E-state index is 0.0315. The second kappa shape index (κ2) is 8.60. The van der Waals surface area contributed by atoms with Gasteiger partial charge in [0.05, 0.1) is 0 Å². The molecule has 140 valence electrons. The zero-order valence-electron chi connectivity index (χ0n) is 16.5. The van der Waals surface area contributed by atoms with Gasteiger partial charge in [-0.15, -0.1) is 0 Å². The molecule has 0 aromatic heterocycles. The fourth-order valence-corrected chi connectivity index (χ4v) is 5.50. The van der Waals surface area contributed by atoms with Gasteiger partial charge in [-0.2, -0.15) is 0 Å². The van der Waals surface area contributed by atoms with Gasteiger partial charge in [0.1, 0.15) is 0 Å². The SMILES string of the molecule is CC[C@@](C)(c1ccccc1)C(c1ccccc1)[C@](C)(CI)c1ccccc1. The molecule has 1 unspecified atom stereocenters. The highest BCUT2D eigenvalue weighted by Crippen LogP contribution is 2.53. The summed E-state index contributed by atoms with van der Waals surface area (Å²) >= 11 is 2.59. The third-order valence-electron chi connectivity index (χ3n) is 6.29. The highest BCUT2D eigenvalue weighted by molar-refractivity contribution is 14.1. The number of hydrogen-bond acceptors (Lipinski definition) is 0. The maximum absolute atomic E-state index is 2.59. The molecule has 27 heavy (non-hydrogen) atoms. The van der Waals surface area contributed by atoms with Crippen molar-refractivity contribution in [3.63, 3.8) is 0 Å². The van der Waals surface area contributed by atoms with E-state index in [0.29, 0.717) is 5.92 Å². The first-order valence-corrected chi connectivity index (χ1v) is 11.3. The Morgan fingerprint density at radius 3 is 1.48 bits per heavy atom. The van der Waals surface area contributed by atoms with Crippen LogP contribution < -0.4 is 0 Å².